The Morgan fingerprint density at radius 2 is 1.93 bits per heavy atom. The van der Waals surface area contributed by atoms with E-state index in [9.17, 15) is 9.59 Å². The Hall–Kier alpha value is -2.57. The lowest BCUT2D eigenvalue weighted by Gasteiger charge is -2.35. The Morgan fingerprint density at radius 3 is 2.63 bits per heavy atom. The van der Waals surface area contributed by atoms with Crippen LogP contribution in [-0.4, -0.2) is 43.0 Å². The minimum atomic E-state index is -0.377. The number of nitrogens with zero attached hydrogens (tertiary/aromatic N) is 1. The van der Waals surface area contributed by atoms with Gasteiger partial charge in [-0.25, -0.2) is 0 Å². The van der Waals surface area contributed by atoms with Crippen LogP contribution in [0.15, 0.2) is 42.5 Å². The highest BCUT2D eigenvalue weighted by Crippen LogP contribution is 2.31. The number of carbonyl (C=O) groups is 2. The molecule has 3 rings (SSSR count). The Morgan fingerprint density at radius 1 is 1.20 bits per heavy atom. The molecule has 160 valence electrons. The summed E-state index contributed by atoms with van der Waals surface area (Å²) in [4.78, 5) is 27.6. The van der Waals surface area contributed by atoms with Gasteiger partial charge in [0.1, 0.15) is 5.75 Å². The molecule has 2 N–H and O–H groups in total. The molecular formula is C23H28ClN3O3. The van der Waals surface area contributed by atoms with Crippen LogP contribution in [0.5, 0.6) is 5.75 Å². The van der Waals surface area contributed by atoms with Gasteiger partial charge in [-0.3, -0.25) is 14.5 Å². The molecule has 2 atom stereocenters. The lowest BCUT2D eigenvalue weighted by Crippen LogP contribution is -2.49. The summed E-state index contributed by atoms with van der Waals surface area (Å²) in [6, 6.07) is 12.6. The third-order valence-electron chi connectivity index (χ3n) is 5.53. The molecule has 2 amide bonds. The van der Waals surface area contributed by atoms with Crippen molar-refractivity contribution in [2.24, 2.45) is 5.92 Å². The quantitative estimate of drug-likeness (QED) is 0.716. The van der Waals surface area contributed by atoms with E-state index >= 15 is 0 Å². The van der Waals surface area contributed by atoms with Crippen molar-refractivity contribution in [1.82, 2.24) is 4.90 Å². The van der Waals surface area contributed by atoms with Gasteiger partial charge in [-0.1, -0.05) is 29.8 Å². The van der Waals surface area contributed by atoms with E-state index in [1.165, 1.54) is 0 Å². The maximum absolute atomic E-state index is 12.9. The van der Waals surface area contributed by atoms with Crippen LogP contribution in [0, 0.1) is 12.8 Å². The summed E-state index contributed by atoms with van der Waals surface area (Å²) < 4.78 is 5.35. The molecule has 0 spiro atoms. The molecule has 30 heavy (non-hydrogen) atoms. The summed E-state index contributed by atoms with van der Waals surface area (Å²) in [6.07, 6.45) is 1.68. The molecule has 0 aromatic heterocycles. The van der Waals surface area contributed by atoms with E-state index in [1.54, 1.807) is 19.2 Å². The average molecular weight is 430 g/mol. The van der Waals surface area contributed by atoms with Gasteiger partial charge in [0.15, 0.2) is 0 Å². The fourth-order valence-corrected chi connectivity index (χ4v) is 3.82. The number of piperidine rings is 1. The molecule has 1 heterocycles. The lowest BCUT2D eigenvalue weighted by molar-refractivity contribution is -0.125. The van der Waals surface area contributed by atoms with Gasteiger partial charge in [0.2, 0.25) is 11.8 Å². The normalized spacial score (nSPS) is 17.8. The first-order valence-electron chi connectivity index (χ1n) is 10.1. The predicted molar refractivity (Wildman–Crippen MR) is 120 cm³/mol. The number of anilines is 2. The second-order valence-electron chi connectivity index (χ2n) is 7.66. The molecule has 1 saturated heterocycles. The molecule has 1 fully saturated rings. The monoisotopic (exact) mass is 429 g/mol. The zero-order valence-corrected chi connectivity index (χ0v) is 18.3. The first-order chi connectivity index (χ1) is 14.4. The number of para-hydroxylation sites is 1. The molecule has 0 bridgehead atoms. The van der Waals surface area contributed by atoms with Crippen LogP contribution in [-0.2, 0) is 9.59 Å². The van der Waals surface area contributed by atoms with Crippen molar-refractivity contribution in [3.8, 4) is 5.75 Å². The second kappa shape index (κ2) is 9.96. The average Bonchev–Trinajstić information content (AvgIpc) is 2.76. The van der Waals surface area contributed by atoms with E-state index in [0.717, 1.165) is 30.6 Å². The van der Waals surface area contributed by atoms with Crippen molar-refractivity contribution >= 4 is 34.8 Å². The van der Waals surface area contributed by atoms with Gasteiger partial charge in [0.25, 0.3) is 0 Å². The molecule has 1 aliphatic rings. The third kappa shape index (κ3) is 5.32. The van der Waals surface area contributed by atoms with Crippen molar-refractivity contribution in [1.29, 1.82) is 0 Å². The van der Waals surface area contributed by atoms with Crippen LogP contribution in [0.25, 0.3) is 0 Å². The molecule has 0 aliphatic carbocycles. The van der Waals surface area contributed by atoms with Gasteiger partial charge in [-0.2, -0.15) is 0 Å². The first-order valence-corrected chi connectivity index (χ1v) is 10.5. The van der Waals surface area contributed by atoms with Crippen LogP contribution < -0.4 is 15.4 Å². The SMILES string of the molecule is COc1cc(Cl)c(C)cc1NC(=O)[C@H](C)N1CCC[C@H](C(=O)Nc2ccccc2)C1. The minimum Gasteiger partial charge on any atom is -0.495 e. The maximum atomic E-state index is 12.9. The van der Waals surface area contributed by atoms with E-state index in [0.29, 0.717) is 23.0 Å². The highest BCUT2D eigenvalue weighted by molar-refractivity contribution is 6.31. The van der Waals surface area contributed by atoms with Crippen molar-refractivity contribution in [3.63, 3.8) is 0 Å². The maximum Gasteiger partial charge on any atom is 0.241 e. The molecule has 2 aromatic carbocycles. The van der Waals surface area contributed by atoms with E-state index in [4.69, 9.17) is 16.3 Å². The number of nitrogens with one attached hydrogen (secondary N) is 2. The third-order valence-corrected chi connectivity index (χ3v) is 5.94. The number of amides is 2. The minimum absolute atomic E-state index is 0.00602. The zero-order valence-electron chi connectivity index (χ0n) is 17.6. The standard InChI is InChI=1S/C23H28ClN3O3/c1-15-12-20(21(30-3)13-19(15)24)26-22(28)16(2)27-11-7-8-17(14-27)23(29)25-18-9-5-4-6-10-18/h4-6,9-10,12-13,16-17H,7-8,11,14H2,1-3H3,(H,25,29)(H,26,28)/t16-,17-/m0/s1. The number of halogens is 1. The van der Waals surface area contributed by atoms with Crippen LogP contribution >= 0.6 is 11.6 Å². The summed E-state index contributed by atoms with van der Waals surface area (Å²) >= 11 is 6.15. The van der Waals surface area contributed by atoms with Crippen molar-refractivity contribution in [2.75, 3.05) is 30.8 Å². The molecule has 0 unspecified atom stereocenters. The number of likely N-dealkylation sites (tertiary alicyclic amines) is 1. The van der Waals surface area contributed by atoms with Crippen LogP contribution in [0.2, 0.25) is 5.02 Å². The van der Waals surface area contributed by atoms with Crippen molar-refractivity contribution in [2.45, 2.75) is 32.7 Å². The Balaban J connectivity index is 1.63. The summed E-state index contributed by atoms with van der Waals surface area (Å²) in [6.45, 7) is 5.06. The number of benzene rings is 2. The van der Waals surface area contributed by atoms with E-state index in [1.807, 2.05) is 44.2 Å². The molecule has 1 aliphatic heterocycles. The fraction of sp³-hybridized carbons (Fsp3) is 0.391. The molecule has 7 heteroatoms. The van der Waals surface area contributed by atoms with Crippen LogP contribution in [0.1, 0.15) is 25.3 Å². The predicted octanol–water partition coefficient (Wildman–Crippen LogP) is 4.33. The largest absolute Gasteiger partial charge is 0.495 e. The number of methoxy groups -OCH3 is 1. The Kier molecular flexibility index (Phi) is 7.34. The van der Waals surface area contributed by atoms with Gasteiger partial charge in [0, 0.05) is 23.3 Å². The number of ether oxygens (including phenoxy) is 1. The number of hydrogen-bond donors (Lipinski definition) is 2. The summed E-state index contributed by atoms with van der Waals surface area (Å²) in [5, 5.41) is 6.50. The van der Waals surface area contributed by atoms with Crippen molar-refractivity contribution < 1.29 is 14.3 Å². The fourth-order valence-electron chi connectivity index (χ4n) is 3.67. The summed E-state index contributed by atoms with van der Waals surface area (Å²) in [7, 11) is 1.54. The molecule has 2 aromatic rings. The molecule has 0 saturated carbocycles. The van der Waals surface area contributed by atoms with Gasteiger partial charge in [-0.15, -0.1) is 0 Å². The van der Waals surface area contributed by atoms with Crippen LogP contribution in [0.3, 0.4) is 0 Å². The smallest absolute Gasteiger partial charge is 0.241 e. The number of aryl methyl sites for hydroxylation is 1. The second-order valence-corrected chi connectivity index (χ2v) is 8.06. The molecular weight excluding hydrogens is 402 g/mol. The number of carbonyl (C=O) groups excluding carboxylic acids is 2. The molecule has 0 radical (unpaired) electrons. The lowest BCUT2D eigenvalue weighted by atomic mass is 9.95. The van der Waals surface area contributed by atoms with Crippen molar-refractivity contribution in [3.05, 3.63) is 53.1 Å². The van der Waals surface area contributed by atoms with Gasteiger partial charge in [-0.05, 0) is 57.0 Å². The van der Waals surface area contributed by atoms with Gasteiger partial charge in [0.05, 0.1) is 24.8 Å². The van der Waals surface area contributed by atoms with Gasteiger partial charge < -0.3 is 15.4 Å². The van der Waals surface area contributed by atoms with E-state index in [-0.39, 0.29) is 23.8 Å². The zero-order chi connectivity index (χ0) is 21.7. The summed E-state index contributed by atoms with van der Waals surface area (Å²) in [5.41, 5.74) is 2.23. The number of hydrogen-bond acceptors (Lipinski definition) is 4. The van der Waals surface area contributed by atoms with Gasteiger partial charge >= 0.3 is 0 Å². The molecule has 6 nitrogen and oxygen atoms in total. The topological polar surface area (TPSA) is 70.7 Å². The number of rotatable bonds is 6. The highest BCUT2D eigenvalue weighted by atomic mass is 35.5. The first kappa shape index (κ1) is 22.1. The summed E-state index contributed by atoms with van der Waals surface area (Å²) in [5.74, 6) is 0.221. The Labute approximate surface area is 182 Å². The van der Waals surface area contributed by atoms with E-state index < -0.39 is 0 Å². The van der Waals surface area contributed by atoms with E-state index in [2.05, 4.69) is 15.5 Å². The highest BCUT2D eigenvalue weighted by Gasteiger charge is 2.31. The van der Waals surface area contributed by atoms with Crippen LogP contribution in [0.4, 0.5) is 11.4 Å². The Bertz CT molecular complexity index is 904.